The molecule has 0 saturated carbocycles. The maximum atomic E-state index is 12.1. The Kier molecular flexibility index (Phi) is 6.52. The van der Waals surface area contributed by atoms with Gasteiger partial charge in [0.2, 0.25) is 5.91 Å². The number of unbranched alkanes of at least 4 members (excludes halogenated alkanes) is 1. The van der Waals surface area contributed by atoms with Crippen LogP contribution in [-0.2, 0) is 4.79 Å². The zero-order valence-electron chi connectivity index (χ0n) is 10.3. The Balaban J connectivity index is 2.62. The molecule has 6 heteroatoms. The summed E-state index contributed by atoms with van der Waals surface area (Å²) in [5.74, 6) is -0.377. The molecule has 0 radical (unpaired) electrons. The van der Waals surface area contributed by atoms with Crippen LogP contribution in [-0.4, -0.2) is 36.2 Å². The highest BCUT2D eigenvalue weighted by atomic mass is 79.9. The second-order valence-corrected chi connectivity index (χ2v) is 5.82. The van der Waals surface area contributed by atoms with E-state index in [-0.39, 0.29) is 18.9 Å². The van der Waals surface area contributed by atoms with Crippen molar-refractivity contribution in [3.05, 3.63) is 20.8 Å². The number of carbonyl (C=O) groups excluding carboxylic acids is 2. The van der Waals surface area contributed by atoms with E-state index in [9.17, 15) is 9.59 Å². The van der Waals surface area contributed by atoms with Crippen LogP contribution in [0.2, 0.25) is 0 Å². The van der Waals surface area contributed by atoms with Gasteiger partial charge in [0.25, 0.3) is 0 Å². The Hall–Kier alpha value is -0.720. The number of thiophene rings is 1. The topological polar surface area (TPSA) is 63.4 Å². The van der Waals surface area contributed by atoms with Gasteiger partial charge < -0.3 is 5.73 Å². The van der Waals surface area contributed by atoms with Gasteiger partial charge in [0, 0.05) is 4.47 Å². The van der Waals surface area contributed by atoms with Crippen LogP contribution in [0.3, 0.4) is 0 Å². The van der Waals surface area contributed by atoms with E-state index in [0.717, 1.165) is 17.3 Å². The lowest BCUT2D eigenvalue weighted by Crippen LogP contribution is -2.37. The lowest BCUT2D eigenvalue weighted by Gasteiger charge is -2.19. The van der Waals surface area contributed by atoms with Gasteiger partial charge in [-0.1, -0.05) is 13.3 Å². The molecule has 0 atom stereocenters. The van der Waals surface area contributed by atoms with Gasteiger partial charge in [-0.15, -0.1) is 11.3 Å². The number of primary amides is 1. The SMILES string of the molecule is CCCCN(CC(N)=O)CC(=O)c1sccc1Br. The number of nitrogens with two attached hydrogens (primary N) is 1. The summed E-state index contributed by atoms with van der Waals surface area (Å²) in [5, 5.41) is 1.86. The van der Waals surface area contributed by atoms with Gasteiger partial charge in [0.05, 0.1) is 18.0 Å². The largest absolute Gasteiger partial charge is 0.369 e. The van der Waals surface area contributed by atoms with E-state index in [2.05, 4.69) is 22.9 Å². The fraction of sp³-hybridized carbons (Fsp3) is 0.500. The third-order valence-electron chi connectivity index (χ3n) is 2.44. The minimum atomic E-state index is -0.399. The predicted octanol–water partition coefficient (Wildman–Crippen LogP) is 2.28. The molecule has 0 fully saturated rings. The van der Waals surface area contributed by atoms with Gasteiger partial charge in [0.1, 0.15) is 0 Å². The first-order valence-corrected chi connectivity index (χ1v) is 7.48. The number of ketones is 1. The van der Waals surface area contributed by atoms with Crippen molar-refractivity contribution in [3.63, 3.8) is 0 Å². The van der Waals surface area contributed by atoms with Crippen molar-refractivity contribution in [2.45, 2.75) is 19.8 Å². The third-order valence-corrected chi connectivity index (χ3v) is 4.32. The molecule has 1 heterocycles. The molecule has 1 rings (SSSR count). The molecule has 100 valence electrons. The molecule has 0 saturated heterocycles. The van der Waals surface area contributed by atoms with Crippen LogP contribution in [0.5, 0.6) is 0 Å². The van der Waals surface area contributed by atoms with Crippen LogP contribution in [0.25, 0.3) is 0 Å². The van der Waals surface area contributed by atoms with Gasteiger partial charge in [-0.3, -0.25) is 14.5 Å². The summed E-state index contributed by atoms with van der Waals surface area (Å²) in [7, 11) is 0. The molecule has 0 aliphatic heterocycles. The van der Waals surface area contributed by atoms with Crippen LogP contribution >= 0.6 is 27.3 Å². The second-order valence-electron chi connectivity index (χ2n) is 4.05. The number of hydrogen-bond donors (Lipinski definition) is 1. The zero-order chi connectivity index (χ0) is 13.5. The van der Waals surface area contributed by atoms with E-state index in [1.807, 2.05) is 11.4 Å². The quantitative estimate of drug-likeness (QED) is 0.743. The summed E-state index contributed by atoms with van der Waals surface area (Å²) in [6.07, 6.45) is 1.97. The number of hydrogen-bond acceptors (Lipinski definition) is 4. The van der Waals surface area contributed by atoms with Crippen molar-refractivity contribution in [1.29, 1.82) is 0 Å². The lowest BCUT2D eigenvalue weighted by atomic mass is 10.2. The van der Waals surface area contributed by atoms with Gasteiger partial charge >= 0.3 is 0 Å². The number of rotatable bonds is 8. The Labute approximate surface area is 119 Å². The van der Waals surface area contributed by atoms with Crippen molar-refractivity contribution in [3.8, 4) is 0 Å². The summed E-state index contributed by atoms with van der Waals surface area (Å²) in [5.41, 5.74) is 5.19. The first-order valence-electron chi connectivity index (χ1n) is 5.81. The maximum Gasteiger partial charge on any atom is 0.231 e. The van der Waals surface area contributed by atoms with E-state index in [1.54, 1.807) is 4.90 Å². The summed E-state index contributed by atoms with van der Waals surface area (Å²) >= 11 is 4.74. The summed E-state index contributed by atoms with van der Waals surface area (Å²) in [6, 6.07) is 1.85. The second kappa shape index (κ2) is 7.66. The van der Waals surface area contributed by atoms with E-state index in [1.165, 1.54) is 11.3 Å². The Morgan fingerprint density at radius 3 is 2.67 bits per heavy atom. The Morgan fingerprint density at radius 2 is 2.17 bits per heavy atom. The van der Waals surface area contributed by atoms with Crippen LogP contribution in [0, 0.1) is 0 Å². The molecule has 0 spiro atoms. The monoisotopic (exact) mass is 332 g/mol. The van der Waals surface area contributed by atoms with E-state index in [0.29, 0.717) is 11.4 Å². The zero-order valence-corrected chi connectivity index (χ0v) is 12.7. The summed E-state index contributed by atoms with van der Waals surface area (Å²) in [6.45, 7) is 3.16. The summed E-state index contributed by atoms with van der Waals surface area (Å²) in [4.78, 5) is 25.5. The molecule has 0 bridgehead atoms. The van der Waals surface area contributed by atoms with Gasteiger partial charge in [-0.25, -0.2) is 0 Å². The van der Waals surface area contributed by atoms with Crippen LogP contribution in [0.1, 0.15) is 29.4 Å². The predicted molar refractivity (Wildman–Crippen MR) is 76.9 cm³/mol. The first-order chi connectivity index (χ1) is 8.54. The minimum Gasteiger partial charge on any atom is -0.369 e. The van der Waals surface area contributed by atoms with Crippen LogP contribution in [0.15, 0.2) is 15.9 Å². The van der Waals surface area contributed by atoms with Crippen molar-refractivity contribution in [2.24, 2.45) is 5.73 Å². The molecular weight excluding hydrogens is 316 g/mol. The molecule has 0 aliphatic rings. The van der Waals surface area contributed by atoms with Gasteiger partial charge in [-0.05, 0) is 40.3 Å². The fourth-order valence-electron chi connectivity index (χ4n) is 1.58. The molecule has 2 N–H and O–H groups in total. The third kappa shape index (κ3) is 4.88. The molecule has 0 aliphatic carbocycles. The van der Waals surface area contributed by atoms with Gasteiger partial charge in [-0.2, -0.15) is 0 Å². The molecule has 1 aromatic rings. The van der Waals surface area contributed by atoms with E-state index < -0.39 is 5.91 Å². The van der Waals surface area contributed by atoms with Crippen molar-refractivity contribution in [1.82, 2.24) is 4.90 Å². The first kappa shape index (κ1) is 15.3. The molecule has 18 heavy (non-hydrogen) atoms. The minimum absolute atomic E-state index is 0.0224. The highest BCUT2D eigenvalue weighted by Crippen LogP contribution is 2.23. The van der Waals surface area contributed by atoms with E-state index in [4.69, 9.17) is 5.73 Å². The number of carbonyl (C=O) groups is 2. The smallest absolute Gasteiger partial charge is 0.231 e. The fourth-order valence-corrected chi connectivity index (χ4v) is 3.11. The molecule has 4 nitrogen and oxygen atoms in total. The lowest BCUT2D eigenvalue weighted by molar-refractivity contribution is -0.119. The average molecular weight is 333 g/mol. The standard InChI is InChI=1S/C12H17BrN2O2S/c1-2-3-5-15(8-11(14)17)7-10(16)12-9(13)4-6-18-12/h4,6H,2-3,5,7-8H2,1H3,(H2,14,17). The highest BCUT2D eigenvalue weighted by molar-refractivity contribution is 9.10. The molecule has 0 unspecified atom stereocenters. The Bertz CT molecular complexity index is 420. The molecule has 0 aromatic carbocycles. The molecule has 1 amide bonds. The van der Waals surface area contributed by atoms with Gasteiger partial charge in [0.15, 0.2) is 5.78 Å². The van der Waals surface area contributed by atoms with Crippen molar-refractivity contribution in [2.75, 3.05) is 19.6 Å². The number of halogens is 1. The Morgan fingerprint density at radius 1 is 1.44 bits per heavy atom. The number of amides is 1. The van der Waals surface area contributed by atoms with Crippen LogP contribution < -0.4 is 5.73 Å². The maximum absolute atomic E-state index is 12.1. The highest BCUT2D eigenvalue weighted by Gasteiger charge is 2.17. The van der Waals surface area contributed by atoms with Crippen molar-refractivity contribution < 1.29 is 9.59 Å². The summed E-state index contributed by atoms with van der Waals surface area (Å²) < 4.78 is 0.812. The van der Waals surface area contributed by atoms with Crippen LogP contribution in [0.4, 0.5) is 0 Å². The van der Waals surface area contributed by atoms with Crippen molar-refractivity contribution >= 4 is 39.0 Å². The molecule has 1 aromatic heterocycles. The normalized spacial score (nSPS) is 10.8. The molecular formula is C12H17BrN2O2S. The number of Topliss-reactive ketones (excluding diaryl/α,β-unsaturated/α-hetero) is 1. The van der Waals surface area contributed by atoms with E-state index >= 15 is 0 Å². The number of nitrogens with zero attached hydrogens (tertiary/aromatic N) is 1. The average Bonchev–Trinajstić information content (AvgIpc) is 2.71.